The highest BCUT2D eigenvalue weighted by atomic mass is 16.5. The number of hydrogen-bond donors (Lipinski definition) is 2. The van der Waals surface area contributed by atoms with Gasteiger partial charge in [-0.15, -0.1) is 0 Å². The Labute approximate surface area is 127 Å². The molecule has 0 spiro atoms. The van der Waals surface area contributed by atoms with E-state index in [4.69, 9.17) is 19.7 Å². The zero-order valence-corrected chi connectivity index (χ0v) is 11.3. The summed E-state index contributed by atoms with van der Waals surface area (Å²) >= 11 is 0. The summed E-state index contributed by atoms with van der Waals surface area (Å²) in [6.07, 6.45) is 0. The number of aliphatic hydroxyl groups excluding tert-OH is 2. The van der Waals surface area contributed by atoms with Crippen LogP contribution in [0, 0.1) is 0 Å². The number of benzene rings is 1. The third kappa shape index (κ3) is 6.71. The molecule has 0 saturated carbocycles. The van der Waals surface area contributed by atoms with Gasteiger partial charge in [0.05, 0.1) is 19.8 Å². The summed E-state index contributed by atoms with van der Waals surface area (Å²) in [5.41, 5.74) is -0.463. The van der Waals surface area contributed by atoms with Crippen LogP contribution in [0.5, 0.6) is 5.75 Å². The summed E-state index contributed by atoms with van der Waals surface area (Å²) in [6, 6.07) is 6.65. The van der Waals surface area contributed by atoms with E-state index >= 15 is 0 Å². The monoisotopic (exact) mass is 300 g/mol. The predicted octanol–water partition coefficient (Wildman–Crippen LogP) is 2.30. The van der Waals surface area contributed by atoms with Gasteiger partial charge in [-0.25, -0.2) is 0 Å². The molecule has 21 heavy (non-hydrogen) atoms. The van der Waals surface area contributed by atoms with Gasteiger partial charge in [-0.3, -0.25) is 4.79 Å². The third-order valence-corrected chi connectivity index (χ3v) is 2.58. The van der Waals surface area contributed by atoms with E-state index < -0.39 is 5.60 Å². The molecule has 0 saturated heterocycles. The van der Waals surface area contributed by atoms with E-state index in [1.54, 1.807) is 38.1 Å². The number of aliphatic hydroxyl groups is 2. The van der Waals surface area contributed by atoms with Gasteiger partial charge in [-0.1, -0.05) is 14.9 Å². The predicted molar refractivity (Wildman–Crippen MR) is 83.9 cm³/mol. The lowest BCUT2D eigenvalue weighted by Gasteiger charge is -2.23. The Hall–Kier alpha value is -1.43. The van der Waals surface area contributed by atoms with Crippen LogP contribution in [0.2, 0.25) is 0 Å². The summed E-state index contributed by atoms with van der Waals surface area (Å²) in [4.78, 5) is 12.2. The van der Waals surface area contributed by atoms with Crippen LogP contribution in [0.1, 0.15) is 39.1 Å². The fraction of sp³-hybridized carbons (Fsp3) is 0.562. The first-order valence-electron chi connectivity index (χ1n) is 6.14. The maximum Gasteiger partial charge on any atom is 0.194 e. The number of carbonyl (C=O) groups excluding carboxylic acids is 1. The number of Topliss-reactive ketones (excluding diaryl/α,β-unsaturated/α-hetero) is 1. The van der Waals surface area contributed by atoms with Crippen molar-refractivity contribution in [2.45, 2.75) is 34.3 Å². The molecule has 122 valence electrons. The van der Waals surface area contributed by atoms with Crippen LogP contribution in [0.25, 0.3) is 0 Å². The molecule has 0 unspecified atom stereocenters. The molecular formula is C16H28O5. The number of ketones is 1. The Morgan fingerprint density at radius 3 is 2.05 bits per heavy atom. The van der Waals surface area contributed by atoms with Crippen LogP contribution in [0.4, 0.5) is 0 Å². The smallest absolute Gasteiger partial charge is 0.194 e. The molecule has 0 radical (unpaired) electrons. The molecule has 1 aromatic rings. The Morgan fingerprint density at radius 1 is 1.05 bits per heavy atom. The average molecular weight is 300 g/mol. The van der Waals surface area contributed by atoms with Gasteiger partial charge in [0.25, 0.3) is 0 Å². The molecule has 0 aliphatic heterocycles. The van der Waals surface area contributed by atoms with E-state index in [-0.39, 0.29) is 47.1 Å². The zero-order chi connectivity index (χ0) is 14.3. The summed E-state index contributed by atoms with van der Waals surface area (Å²) in [5.74, 6) is 0.439. The number of hydrogen-bond acceptors (Lipinski definition) is 5. The molecule has 0 aromatic heterocycles. The van der Waals surface area contributed by atoms with Crippen LogP contribution in [-0.4, -0.2) is 48.0 Å². The second-order valence-electron chi connectivity index (χ2n) is 4.51. The van der Waals surface area contributed by atoms with Crippen molar-refractivity contribution >= 4 is 5.78 Å². The van der Waals surface area contributed by atoms with Gasteiger partial charge >= 0.3 is 0 Å². The molecule has 2 N–H and O–H groups in total. The van der Waals surface area contributed by atoms with Gasteiger partial charge < -0.3 is 19.7 Å². The first-order valence-corrected chi connectivity index (χ1v) is 6.14. The minimum atomic E-state index is -0.976. The third-order valence-electron chi connectivity index (χ3n) is 2.58. The minimum absolute atomic E-state index is 0. The Kier molecular flexibility index (Phi) is 10.7. The van der Waals surface area contributed by atoms with Crippen molar-refractivity contribution in [3.63, 3.8) is 0 Å². The van der Waals surface area contributed by atoms with Crippen molar-refractivity contribution in [1.29, 1.82) is 0 Å². The summed E-state index contributed by atoms with van der Waals surface area (Å²) < 4.78 is 10.5. The topological polar surface area (TPSA) is 76.0 Å². The highest BCUT2D eigenvalue weighted by molar-refractivity contribution is 6.02. The van der Waals surface area contributed by atoms with Crippen molar-refractivity contribution in [3.05, 3.63) is 29.8 Å². The molecule has 5 heteroatoms. The maximum absolute atomic E-state index is 12.2. The first kappa shape index (κ1) is 21.9. The fourth-order valence-corrected chi connectivity index (χ4v) is 1.58. The highest BCUT2D eigenvalue weighted by Crippen LogP contribution is 2.19. The van der Waals surface area contributed by atoms with Crippen molar-refractivity contribution < 1.29 is 24.5 Å². The largest absolute Gasteiger partial charge is 0.491 e. The van der Waals surface area contributed by atoms with E-state index in [9.17, 15) is 4.79 Å². The van der Waals surface area contributed by atoms with E-state index in [1.807, 2.05) is 0 Å². The highest BCUT2D eigenvalue weighted by Gasteiger charge is 2.29. The van der Waals surface area contributed by atoms with Crippen molar-refractivity contribution in [2.75, 3.05) is 26.4 Å². The normalized spacial score (nSPS) is 10.3. The molecule has 0 heterocycles. The molecule has 0 amide bonds. The molecule has 5 nitrogen and oxygen atoms in total. The number of rotatable bonds is 8. The standard InChI is InChI=1S/C14H20O5.2CH4/c1-14(2,19-10-8-16)13(17)11-3-5-12(6-4-11)18-9-7-15;;/h3-6,15-16H,7-10H2,1-2H3;2*1H4. The second kappa shape index (κ2) is 10.3. The van der Waals surface area contributed by atoms with E-state index in [2.05, 4.69) is 0 Å². The number of carbonyl (C=O) groups is 1. The summed E-state index contributed by atoms with van der Waals surface area (Å²) in [5, 5.41) is 17.4. The van der Waals surface area contributed by atoms with Crippen molar-refractivity contribution in [3.8, 4) is 5.75 Å². The zero-order valence-electron chi connectivity index (χ0n) is 11.3. The number of ether oxygens (including phenoxy) is 2. The fourth-order valence-electron chi connectivity index (χ4n) is 1.58. The van der Waals surface area contributed by atoms with Crippen molar-refractivity contribution in [1.82, 2.24) is 0 Å². The lowest BCUT2D eigenvalue weighted by atomic mass is 9.96. The SMILES string of the molecule is C.C.CC(C)(OCCO)C(=O)c1ccc(OCCO)cc1. The molecule has 0 aliphatic rings. The van der Waals surface area contributed by atoms with Crippen LogP contribution >= 0.6 is 0 Å². The quantitative estimate of drug-likeness (QED) is 0.720. The Balaban J connectivity index is 0. The first-order chi connectivity index (χ1) is 9.01. The van der Waals surface area contributed by atoms with Crippen LogP contribution in [-0.2, 0) is 4.74 Å². The van der Waals surface area contributed by atoms with Crippen LogP contribution < -0.4 is 4.74 Å². The summed E-state index contributed by atoms with van der Waals surface area (Å²) in [6.45, 7) is 3.50. The van der Waals surface area contributed by atoms with Gasteiger partial charge in [-0.05, 0) is 38.1 Å². The van der Waals surface area contributed by atoms with Crippen molar-refractivity contribution in [2.24, 2.45) is 0 Å². The van der Waals surface area contributed by atoms with E-state index in [0.29, 0.717) is 11.3 Å². The molecule has 1 aromatic carbocycles. The molecular weight excluding hydrogens is 272 g/mol. The van der Waals surface area contributed by atoms with Gasteiger partial charge in [0.15, 0.2) is 5.78 Å². The van der Waals surface area contributed by atoms with Crippen LogP contribution in [0.3, 0.4) is 0 Å². The Morgan fingerprint density at radius 2 is 1.57 bits per heavy atom. The molecule has 0 aliphatic carbocycles. The van der Waals surface area contributed by atoms with Gasteiger partial charge in [0, 0.05) is 5.56 Å². The average Bonchev–Trinajstić information content (AvgIpc) is 2.42. The van der Waals surface area contributed by atoms with E-state index in [1.165, 1.54) is 0 Å². The van der Waals surface area contributed by atoms with Gasteiger partial charge in [0.1, 0.15) is 18.0 Å². The Bertz CT molecular complexity index is 398. The minimum Gasteiger partial charge on any atom is -0.491 e. The lowest BCUT2D eigenvalue weighted by molar-refractivity contribution is -0.0174. The molecule has 0 atom stereocenters. The lowest BCUT2D eigenvalue weighted by Crippen LogP contribution is -2.36. The van der Waals surface area contributed by atoms with Gasteiger partial charge in [-0.2, -0.15) is 0 Å². The molecule has 1 rings (SSSR count). The van der Waals surface area contributed by atoms with E-state index in [0.717, 1.165) is 0 Å². The van der Waals surface area contributed by atoms with Gasteiger partial charge in [0.2, 0.25) is 0 Å². The molecule has 0 fully saturated rings. The maximum atomic E-state index is 12.2. The molecule has 0 bridgehead atoms. The summed E-state index contributed by atoms with van der Waals surface area (Å²) in [7, 11) is 0. The van der Waals surface area contributed by atoms with Crippen LogP contribution in [0.15, 0.2) is 24.3 Å². The second-order valence-corrected chi connectivity index (χ2v) is 4.51.